The summed E-state index contributed by atoms with van der Waals surface area (Å²) in [6, 6.07) is 15.9. The lowest BCUT2D eigenvalue weighted by Crippen LogP contribution is -2.55. The van der Waals surface area contributed by atoms with Crippen LogP contribution in [-0.4, -0.2) is 77.6 Å². The number of rotatable bonds is 7. The van der Waals surface area contributed by atoms with Crippen molar-refractivity contribution < 1.29 is 23.1 Å². The van der Waals surface area contributed by atoms with Gasteiger partial charge in [-0.1, -0.05) is 30.3 Å². The number of benzene rings is 2. The zero-order valence-corrected chi connectivity index (χ0v) is 19.0. The molecule has 0 atom stereocenters. The molecule has 0 saturated carbocycles. The van der Waals surface area contributed by atoms with Gasteiger partial charge in [-0.25, -0.2) is 0 Å². The van der Waals surface area contributed by atoms with Crippen LogP contribution in [0.4, 0.5) is 0 Å². The predicted octanol–water partition coefficient (Wildman–Crippen LogP) is 2.95. The first-order chi connectivity index (χ1) is 15.2. The molecule has 8 heteroatoms. The number of phenols is 1. The summed E-state index contributed by atoms with van der Waals surface area (Å²) in [5.74, 6) is 0.756. The van der Waals surface area contributed by atoms with Gasteiger partial charge < -0.3 is 23.1 Å². The first-order valence-electron chi connectivity index (χ1n) is 10.8. The average Bonchev–Trinajstić information content (AvgIpc) is 2.75. The third-order valence-electron chi connectivity index (χ3n) is 5.61. The molecule has 3 saturated heterocycles. The van der Waals surface area contributed by atoms with Gasteiger partial charge in [0.2, 0.25) is 0 Å². The van der Waals surface area contributed by atoms with E-state index in [2.05, 4.69) is 4.90 Å². The quantitative estimate of drug-likeness (QED) is 0.404. The summed E-state index contributed by atoms with van der Waals surface area (Å²) in [6.07, 6.45) is 0.795. The average molecular weight is 443 g/mol. The molecule has 3 aliphatic heterocycles. The Morgan fingerprint density at radius 1 is 1.03 bits per heavy atom. The number of fused-ring (bicyclic) bond motifs is 6. The SMILES string of the molecule is COc1ccc(C(=NCCC[Si]23OCCN(CCO2)CCO3)c2ccccc2)c(O)c1. The summed E-state index contributed by atoms with van der Waals surface area (Å²) in [6.45, 7) is 5.38. The molecule has 0 unspecified atom stereocenters. The minimum absolute atomic E-state index is 0.148. The topological polar surface area (TPSA) is 72.8 Å². The molecule has 0 aromatic heterocycles. The maximum Gasteiger partial charge on any atom is 0.501 e. The number of phenolic OH excluding ortho intramolecular Hbond substituents is 1. The second-order valence-corrected chi connectivity index (χ2v) is 10.4. The molecule has 3 aliphatic rings. The summed E-state index contributed by atoms with van der Waals surface area (Å²) in [4.78, 5) is 7.19. The number of ether oxygens (including phenoxy) is 1. The normalized spacial score (nSPS) is 24.3. The first-order valence-corrected chi connectivity index (χ1v) is 12.7. The molecular weight excluding hydrogens is 412 g/mol. The molecule has 5 rings (SSSR count). The largest absolute Gasteiger partial charge is 0.507 e. The van der Waals surface area contributed by atoms with Gasteiger partial charge in [-0.05, 0) is 18.6 Å². The van der Waals surface area contributed by atoms with E-state index in [0.717, 1.165) is 43.4 Å². The molecule has 3 fully saturated rings. The van der Waals surface area contributed by atoms with Gasteiger partial charge in [-0.15, -0.1) is 0 Å². The Hall–Kier alpha value is -2.23. The fourth-order valence-electron chi connectivity index (χ4n) is 3.92. The van der Waals surface area contributed by atoms with Crippen LogP contribution in [0.2, 0.25) is 6.04 Å². The lowest BCUT2D eigenvalue weighted by Gasteiger charge is -2.38. The highest BCUT2D eigenvalue weighted by Gasteiger charge is 2.43. The van der Waals surface area contributed by atoms with E-state index in [1.165, 1.54) is 0 Å². The van der Waals surface area contributed by atoms with E-state index in [4.69, 9.17) is 23.0 Å². The van der Waals surface area contributed by atoms with Gasteiger partial charge in [-0.3, -0.25) is 9.89 Å². The zero-order valence-electron chi connectivity index (χ0n) is 18.0. The summed E-state index contributed by atoms with van der Waals surface area (Å²) in [5.41, 5.74) is 2.40. The van der Waals surface area contributed by atoms with Crippen LogP contribution in [-0.2, 0) is 13.3 Å². The van der Waals surface area contributed by atoms with Gasteiger partial charge in [-0.2, -0.15) is 0 Å². The molecule has 166 valence electrons. The maximum atomic E-state index is 10.6. The number of aliphatic imine (C=N–C) groups is 1. The Labute approximate surface area is 184 Å². The number of hydrogen-bond acceptors (Lipinski definition) is 7. The molecule has 31 heavy (non-hydrogen) atoms. The van der Waals surface area contributed by atoms with Crippen molar-refractivity contribution in [1.82, 2.24) is 4.90 Å². The van der Waals surface area contributed by atoms with E-state index in [-0.39, 0.29) is 5.75 Å². The smallest absolute Gasteiger partial charge is 0.501 e. The van der Waals surface area contributed by atoms with Crippen LogP contribution >= 0.6 is 0 Å². The number of methoxy groups -OCH3 is 1. The molecule has 0 spiro atoms. The van der Waals surface area contributed by atoms with Crippen molar-refractivity contribution in [2.75, 3.05) is 53.1 Å². The van der Waals surface area contributed by atoms with Gasteiger partial charge in [0.1, 0.15) is 11.5 Å². The Morgan fingerprint density at radius 3 is 2.32 bits per heavy atom. The van der Waals surface area contributed by atoms with Crippen molar-refractivity contribution in [3.63, 3.8) is 0 Å². The summed E-state index contributed by atoms with van der Waals surface area (Å²) in [7, 11) is -1.06. The van der Waals surface area contributed by atoms with E-state index in [9.17, 15) is 5.11 Å². The van der Waals surface area contributed by atoms with Crippen molar-refractivity contribution in [2.45, 2.75) is 12.5 Å². The minimum Gasteiger partial charge on any atom is -0.507 e. The molecule has 0 radical (unpaired) electrons. The second-order valence-electron chi connectivity index (χ2n) is 7.65. The molecule has 0 amide bonds. The van der Waals surface area contributed by atoms with Crippen molar-refractivity contribution in [3.05, 3.63) is 59.7 Å². The van der Waals surface area contributed by atoms with E-state index < -0.39 is 8.80 Å². The molecule has 2 aromatic rings. The number of hydrogen-bond donors (Lipinski definition) is 1. The molecule has 7 nitrogen and oxygen atoms in total. The maximum absolute atomic E-state index is 10.6. The summed E-state index contributed by atoms with van der Waals surface area (Å²) in [5, 5.41) is 10.6. The number of aromatic hydroxyl groups is 1. The van der Waals surface area contributed by atoms with Gasteiger partial charge in [0.25, 0.3) is 0 Å². The summed E-state index contributed by atoms with van der Waals surface area (Å²) >= 11 is 0. The lowest BCUT2D eigenvalue weighted by atomic mass is 10.0. The van der Waals surface area contributed by atoms with Crippen LogP contribution in [0.3, 0.4) is 0 Å². The van der Waals surface area contributed by atoms with Gasteiger partial charge in [0.05, 0.1) is 32.6 Å². The second kappa shape index (κ2) is 10.4. The van der Waals surface area contributed by atoms with E-state index in [1.807, 2.05) is 42.5 Å². The molecule has 2 aromatic carbocycles. The highest BCUT2D eigenvalue weighted by molar-refractivity contribution is 6.60. The van der Waals surface area contributed by atoms with E-state index >= 15 is 0 Å². The van der Waals surface area contributed by atoms with Crippen LogP contribution in [0, 0.1) is 0 Å². The highest BCUT2D eigenvalue weighted by Crippen LogP contribution is 2.27. The third-order valence-corrected chi connectivity index (χ3v) is 8.50. The predicted molar refractivity (Wildman–Crippen MR) is 121 cm³/mol. The van der Waals surface area contributed by atoms with Crippen LogP contribution < -0.4 is 4.74 Å². The Balaban J connectivity index is 1.49. The fourth-order valence-corrected chi connectivity index (χ4v) is 6.40. The molecule has 0 aliphatic carbocycles. The van der Waals surface area contributed by atoms with Crippen molar-refractivity contribution >= 4 is 14.5 Å². The lowest BCUT2D eigenvalue weighted by molar-refractivity contribution is -0.00841. The van der Waals surface area contributed by atoms with Crippen LogP contribution in [0.25, 0.3) is 0 Å². The third kappa shape index (κ3) is 5.52. The first kappa shape index (κ1) is 22.0. The zero-order chi connectivity index (χ0) is 21.5. The van der Waals surface area contributed by atoms with Crippen molar-refractivity contribution in [2.24, 2.45) is 4.99 Å². The molecular formula is C23H30N2O5Si. The minimum atomic E-state index is -2.64. The Morgan fingerprint density at radius 2 is 1.71 bits per heavy atom. The standard InChI is InChI=1S/C23H30N2O5Si/c1-27-20-8-9-21(22(26)18-20)23(19-6-3-2-4-7-19)24-10-5-17-31-28-14-11-25(12-15-29-31)13-16-30-31/h2-4,6-9,18,26H,5,10-17H2,1H3. The molecule has 2 bridgehead atoms. The van der Waals surface area contributed by atoms with Crippen LogP contribution in [0.5, 0.6) is 11.5 Å². The van der Waals surface area contributed by atoms with Gasteiger partial charge >= 0.3 is 8.80 Å². The highest BCUT2D eigenvalue weighted by atomic mass is 28.4. The summed E-state index contributed by atoms with van der Waals surface area (Å²) < 4.78 is 23.6. The molecule has 3 heterocycles. The Bertz CT molecular complexity index is 866. The van der Waals surface area contributed by atoms with E-state index in [1.54, 1.807) is 13.2 Å². The monoisotopic (exact) mass is 442 g/mol. The van der Waals surface area contributed by atoms with E-state index in [0.29, 0.717) is 37.7 Å². The van der Waals surface area contributed by atoms with Crippen molar-refractivity contribution in [3.8, 4) is 11.5 Å². The number of nitrogens with zero attached hydrogens (tertiary/aromatic N) is 2. The fraction of sp³-hybridized carbons (Fsp3) is 0.435. The molecule has 1 N–H and O–H groups in total. The van der Waals surface area contributed by atoms with Crippen LogP contribution in [0.15, 0.2) is 53.5 Å². The van der Waals surface area contributed by atoms with Crippen LogP contribution in [0.1, 0.15) is 17.5 Å². The van der Waals surface area contributed by atoms with Crippen molar-refractivity contribution in [1.29, 1.82) is 0 Å². The van der Waals surface area contributed by atoms with Gasteiger partial charge in [0, 0.05) is 49.4 Å². The van der Waals surface area contributed by atoms with Gasteiger partial charge in [0.15, 0.2) is 0 Å². The Kier molecular flexibility index (Phi) is 7.36.